The molecule has 0 radical (unpaired) electrons. The summed E-state index contributed by atoms with van der Waals surface area (Å²) in [4.78, 5) is 4.28. The maximum atomic E-state index is 4.28. The Morgan fingerprint density at radius 1 is 1.50 bits per heavy atom. The van der Waals surface area contributed by atoms with Crippen LogP contribution in [0.2, 0.25) is 0 Å². The molecular weight excluding hydrogens is 148 g/mol. The van der Waals surface area contributed by atoms with Crippen molar-refractivity contribution < 1.29 is 0 Å². The van der Waals surface area contributed by atoms with Crippen molar-refractivity contribution in [2.75, 3.05) is 11.9 Å². The van der Waals surface area contributed by atoms with Gasteiger partial charge in [0.15, 0.2) is 0 Å². The summed E-state index contributed by atoms with van der Waals surface area (Å²) in [5.74, 6) is 1.56. The van der Waals surface area contributed by atoms with Crippen LogP contribution in [0.25, 0.3) is 0 Å². The lowest BCUT2D eigenvalue weighted by Crippen LogP contribution is -2.03. The van der Waals surface area contributed by atoms with Crippen LogP contribution in [-0.2, 0) is 0 Å². The molecule has 0 aromatic carbocycles. The summed E-state index contributed by atoms with van der Waals surface area (Å²) in [6, 6.07) is 4.10. The molecular formula is C10H16N2. The number of nitrogens with one attached hydrogen (secondary N) is 1. The van der Waals surface area contributed by atoms with Gasteiger partial charge in [-0.05, 0) is 24.5 Å². The molecule has 0 fully saturated rings. The number of hydrogen-bond donors (Lipinski definition) is 1. The second-order valence-corrected chi connectivity index (χ2v) is 3.13. The molecule has 0 amide bonds. The zero-order chi connectivity index (χ0) is 8.97. The van der Waals surface area contributed by atoms with Gasteiger partial charge in [-0.3, -0.25) is 0 Å². The average molecular weight is 164 g/mol. The molecule has 0 saturated carbocycles. The van der Waals surface area contributed by atoms with E-state index in [4.69, 9.17) is 0 Å². The van der Waals surface area contributed by atoms with Crippen molar-refractivity contribution in [1.82, 2.24) is 4.98 Å². The summed E-state index contributed by atoms with van der Waals surface area (Å²) in [5, 5.41) is 3.25. The van der Waals surface area contributed by atoms with Gasteiger partial charge in [0.25, 0.3) is 0 Å². The van der Waals surface area contributed by atoms with Gasteiger partial charge in [0.1, 0.15) is 5.82 Å². The highest BCUT2D eigenvalue weighted by Gasteiger charge is 2.04. The summed E-state index contributed by atoms with van der Waals surface area (Å²) in [6.07, 6.45) is 1.82. The lowest BCUT2D eigenvalue weighted by Gasteiger charge is -2.11. The van der Waals surface area contributed by atoms with E-state index in [1.165, 1.54) is 5.56 Å². The first-order valence-electron chi connectivity index (χ1n) is 4.44. The fraction of sp³-hybridized carbons (Fsp3) is 0.500. The molecule has 1 aromatic heterocycles. The lowest BCUT2D eigenvalue weighted by molar-refractivity contribution is 0.858. The molecule has 0 saturated heterocycles. The normalized spacial score (nSPS) is 10.3. The Morgan fingerprint density at radius 2 is 2.25 bits per heavy atom. The molecule has 1 rings (SSSR count). The summed E-state index contributed by atoms with van der Waals surface area (Å²) in [6.45, 7) is 7.37. The molecule has 2 heteroatoms. The van der Waals surface area contributed by atoms with Crippen molar-refractivity contribution in [3.8, 4) is 0 Å². The van der Waals surface area contributed by atoms with Gasteiger partial charge in [0.05, 0.1) is 0 Å². The Balaban J connectivity index is 2.92. The third kappa shape index (κ3) is 1.97. The van der Waals surface area contributed by atoms with Crippen molar-refractivity contribution in [2.24, 2.45) is 0 Å². The van der Waals surface area contributed by atoms with E-state index in [2.05, 4.69) is 37.1 Å². The first kappa shape index (κ1) is 9.04. The van der Waals surface area contributed by atoms with Crippen LogP contribution in [0.4, 0.5) is 5.82 Å². The molecule has 12 heavy (non-hydrogen) atoms. The summed E-state index contributed by atoms with van der Waals surface area (Å²) >= 11 is 0. The molecule has 0 unspecified atom stereocenters. The second-order valence-electron chi connectivity index (χ2n) is 3.13. The SMILES string of the molecule is CCNc1ncccc1C(C)C. The molecule has 0 spiro atoms. The predicted molar refractivity (Wildman–Crippen MR) is 52.5 cm³/mol. The molecule has 66 valence electrons. The van der Waals surface area contributed by atoms with E-state index < -0.39 is 0 Å². The van der Waals surface area contributed by atoms with Gasteiger partial charge in [0.2, 0.25) is 0 Å². The van der Waals surface area contributed by atoms with E-state index in [0.717, 1.165) is 12.4 Å². The quantitative estimate of drug-likeness (QED) is 0.742. The monoisotopic (exact) mass is 164 g/mol. The smallest absolute Gasteiger partial charge is 0.129 e. The van der Waals surface area contributed by atoms with Gasteiger partial charge in [-0.2, -0.15) is 0 Å². The Kier molecular flexibility index (Phi) is 3.09. The van der Waals surface area contributed by atoms with Crippen LogP contribution >= 0.6 is 0 Å². The highest BCUT2D eigenvalue weighted by molar-refractivity contribution is 5.45. The number of hydrogen-bond acceptors (Lipinski definition) is 2. The zero-order valence-corrected chi connectivity index (χ0v) is 7.96. The van der Waals surface area contributed by atoms with Crippen molar-refractivity contribution >= 4 is 5.82 Å². The topological polar surface area (TPSA) is 24.9 Å². The van der Waals surface area contributed by atoms with Gasteiger partial charge in [0, 0.05) is 12.7 Å². The predicted octanol–water partition coefficient (Wildman–Crippen LogP) is 2.64. The minimum absolute atomic E-state index is 0.535. The van der Waals surface area contributed by atoms with E-state index in [0.29, 0.717) is 5.92 Å². The molecule has 0 aliphatic rings. The van der Waals surface area contributed by atoms with E-state index in [1.807, 2.05) is 12.3 Å². The third-order valence-corrected chi connectivity index (χ3v) is 1.81. The highest BCUT2D eigenvalue weighted by atomic mass is 15.0. The largest absolute Gasteiger partial charge is 0.370 e. The average Bonchev–Trinajstić information content (AvgIpc) is 2.05. The van der Waals surface area contributed by atoms with Crippen LogP contribution in [0.5, 0.6) is 0 Å². The van der Waals surface area contributed by atoms with Crippen LogP contribution in [0, 0.1) is 0 Å². The third-order valence-electron chi connectivity index (χ3n) is 1.81. The van der Waals surface area contributed by atoms with E-state index >= 15 is 0 Å². The molecule has 0 atom stereocenters. The molecule has 1 N–H and O–H groups in total. The number of anilines is 1. The second kappa shape index (κ2) is 4.10. The molecule has 0 aliphatic heterocycles. The standard InChI is InChI=1S/C10H16N2/c1-4-11-10-9(8(2)3)6-5-7-12-10/h5-8H,4H2,1-3H3,(H,11,12). The van der Waals surface area contributed by atoms with Crippen molar-refractivity contribution in [1.29, 1.82) is 0 Å². The zero-order valence-electron chi connectivity index (χ0n) is 7.96. The van der Waals surface area contributed by atoms with E-state index in [9.17, 15) is 0 Å². The molecule has 1 aromatic rings. The van der Waals surface area contributed by atoms with Crippen molar-refractivity contribution in [3.63, 3.8) is 0 Å². The maximum Gasteiger partial charge on any atom is 0.129 e. The number of rotatable bonds is 3. The fourth-order valence-electron chi connectivity index (χ4n) is 1.20. The van der Waals surface area contributed by atoms with Crippen molar-refractivity contribution in [2.45, 2.75) is 26.7 Å². The Labute approximate surface area is 74.0 Å². The molecule has 0 bridgehead atoms. The minimum Gasteiger partial charge on any atom is -0.370 e. The minimum atomic E-state index is 0.535. The molecule has 1 heterocycles. The van der Waals surface area contributed by atoms with Gasteiger partial charge >= 0.3 is 0 Å². The van der Waals surface area contributed by atoms with Crippen molar-refractivity contribution in [3.05, 3.63) is 23.9 Å². The van der Waals surface area contributed by atoms with Gasteiger partial charge in [-0.15, -0.1) is 0 Å². The van der Waals surface area contributed by atoms with E-state index in [-0.39, 0.29) is 0 Å². The van der Waals surface area contributed by atoms with Gasteiger partial charge in [-0.1, -0.05) is 19.9 Å². The van der Waals surface area contributed by atoms with Crippen LogP contribution in [0.3, 0.4) is 0 Å². The lowest BCUT2D eigenvalue weighted by atomic mass is 10.0. The molecule has 0 aliphatic carbocycles. The van der Waals surface area contributed by atoms with Crippen LogP contribution in [0.1, 0.15) is 32.3 Å². The Hall–Kier alpha value is -1.05. The first-order chi connectivity index (χ1) is 5.75. The molecule has 2 nitrogen and oxygen atoms in total. The number of pyridine rings is 1. The van der Waals surface area contributed by atoms with Crippen LogP contribution < -0.4 is 5.32 Å². The summed E-state index contributed by atoms with van der Waals surface area (Å²) in [7, 11) is 0. The number of nitrogens with zero attached hydrogens (tertiary/aromatic N) is 1. The summed E-state index contributed by atoms with van der Waals surface area (Å²) < 4.78 is 0. The van der Waals surface area contributed by atoms with Gasteiger partial charge < -0.3 is 5.32 Å². The highest BCUT2D eigenvalue weighted by Crippen LogP contribution is 2.20. The van der Waals surface area contributed by atoms with Gasteiger partial charge in [-0.25, -0.2) is 4.98 Å². The first-order valence-corrected chi connectivity index (χ1v) is 4.44. The fourth-order valence-corrected chi connectivity index (χ4v) is 1.20. The number of aromatic nitrogens is 1. The Bertz CT molecular complexity index is 243. The van der Waals surface area contributed by atoms with Crippen LogP contribution in [0.15, 0.2) is 18.3 Å². The maximum absolute atomic E-state index is 4.28. The van der Waals surface area contributed by atoms with Crippen LogP contribution in [-0.4, -0.2) is 11.5 Å². The van der Waals surface area contributed by atoms with E-state index in [1.54, 1.807) is 0 Å². The summed E-state index contributed by atoms with van der Waals surface area (Å²) in [5.41, 5.74) is 1.29. The Morgan fingerprint density at radius 3 is 2.83 bits per heavy atom.